The average molecular weight is 275 g/mol. The Morgan fingerprint density at radius 3 is 2.61 bits per heavy atom. The minimum Gasteiger partial charge on any atom is -0.382 e. The third-order valence-corrected chi connectivity index (χ3v) is 2.30. The van der Waals surface area contributed by atoms with Crippen LogP contribution in [0.5, 0.6) is 0 Å². The number of nitrogens with zero attached hydrogens (tertiary/aromatic N) is 1. The predicted octanol–water partition coefficient (Wildman–Crippen LogP) is 3.78. The van der Waals surface area contributed by atoms with Crippen LogP contribution in [0.3, 0.4) is 0 Å². The number of halogens is 4. The van der Waals surface area contributed by atoms with Crippen LogP contribution in [0.2, 0.25) is 0 Å². The molecule has 0 atom stereocenters. The zero-order valence-corrected chi connectivity index (χ0v) is 10.0. The molecule has 0 amide bonds. The number of nitriles is 1. The molecule has 0 aliphatic carbocycles. The molecule has 0 spiro atoms. The second-order valence-electron chi connectivity index (χ2n) is 3.38. The number of benzene rings is 1. The first-order valence-electron chi connectivity index (χ1n) is 5.05. The summed E-state index contributed by atoms with van der Waals surface area (Å²) >= 11 is 5.41. The molecular weight excluding hydrogens is 265 g/mol. The molecule has 1 N–H and O–H groups in total. The van der Waals surface area contributed by atoms with E-state index in [2.05, 4.69) is 5.32 Å². The summed E-state index contributed by atoms with van der Waals surface area (Å²) in [4.78, 5) is 0. The second-order valence-corrected chi connectivity index (χ2v) is 3.69. The van der Waals surface area contributed by atoms with E-state index in [9.17, 15) is 13.2 Å². The van der Waals surface area contributed by atoms with Crippen molar-refractivity contribution in [3.63, 3.8) is 0 Å². The van der Waals surface area contributed by atoms with Crippen molar-refractivity contribution in [1.82, 2.24) is 0 Å². The summed E-state index contributed by atoms with van der Waals surface area (Å²) in [6.07, 6.45) is -1.14. The maximum absolute atomic E-state index is 12.6. The summed E-state index contributed by atoms with van der Waals surface area (Å²) in [6.45, 7) is 0.371. The SMILES string of the molecule is N#Cc1ccc(NC/C=C/CCl)cc1C(F)(F)F. The first-order valence-corrected chi connectivity index (χ1v) is 5.58. The van der Waals surface area contributed by atoms with Gasteiger partial charge in [-0.05, 0) is 18.2 Å². The molecule has 1 aromatic carbocycles. The summed E-state index contributed by atoms with van der Waals surface area (Å²) in [5, 5.41) is 11.4. The van der Waals surface area contributed by atoms with Gasteiger partial charge in [0.25, 0.3) is 0 Å². The molecule has 0 aromatic heterocycles. The van der Waals surface area contributed by atoms with E-state index in [1.54, 1.807) is 12.2 Å². The van der Waals surface area contributed by atoms with Gasteiger partial charge < -0.3 is 5.32 Å². The molecule has 96 valence electrons. The van der Waals surface area contributed by atoms with Crippen molar-refractivity contribution in [3.8, 4) is 6.07 Å². The number of hydrogen-bond donors (Lipinski definition) is 1. The van der Waals surface area contributed by atoms with Gasteiger partial charge in [0, 0.05) is 18.1 Å². The molecule has 0 unspecified atom stereocenters. The van der Waals surface area contributed by atoms with E-state index in [0.29, 0.717) is 18.1 Å². The molecule has 1 aromatic rings. The quantitative estimate of drug-likeness (QED) is 0.670. The van der Waals surface area contributed by atoms with Crippen LogP contribution in [-0.2, 0) is 6.18 Å². The third kappa shape index (κ3) is 3.97. The lowest BCUT2D eigenvalue weighted by molar-refractivity contribution is -0.137. The smallest absolute Gasteiger partial charge is 0.382 e. The Balaban J connectivity index is 2.91. The normalized spacial score (nSPS) is 11.5. The number of rotatable bonds is 4. The van der Waals surface area contributed by atoms with E-state index in [0.717, 1.165) is 12.1 Å². The van der Waals surface area contributed by atoms with Crippen LogP contribution >= 0.6 is 11.6 Å². The van der Waals surface area contributed by atoms with Gasteiger partial charge in [0.15, 0.2) is 0 Å². The number of allylic oxidation sites excluding steroid dienone is 1. The van der Waals surface area contributed by atoms with E-state index >= 15 is 0 Å². The molecule has 0 heterocycles. The molecule has 0 saturated heterocycles. The van der Waals surface area contributed by atoms with Crippen molar-refractivity contribution in [1.29, 1.82) is 5.26 Å². The van der Waals surface area contributed by atoms with E-state index in [1.165, 1.54) is 12.1 Å². The van der Waals surface area contributed by atoms with Crippen LogP contribution in [0, 0.1) is 11.3 Å². The zero-order valence-electron chi connectivity index (χ0n) is 9.26. The van der Waals surface area contributed by atoms with Crippen LogP contribution in [0.15, 0.2) is 30.4 Å². The monoisotopic (exact) mass is 274 g/mol. The fourth-order valence-electron chi connectivity index (χ4n) is 1.31. The summed E-state index contributed by atoms with van der Waals surface area (Å²) in [5.41, 5.74) is -1.01. The molecule has 0 saturated carbocycles. The highest BCUT2D eigenvalue weighted by molar-refractivity contribution is 6.18. The van der Waals surface area contributed by atoms with Gasteiger partial charge in [-0.1, -0.05) is 12.2 Å². The Bertz CT molecular complexity index is 475. The van der Waals surface area contributed by atoms with Gasteiger partial charge in [-0.25, -0.2) is 0 Å². The van der Waals surface area contributed by atoms with E-state index in [1.807, 2.05) is 0 Å². The Labute approximate surface area is 108 Å². The van der Waals surface area contributed by atoms with E-state index in [-0.39, 0.29) is 5.56 Å². The van der Waals surface area contributed by atoms with E-state index in [4.69, 9.17) is 16.9 Å². The van der Waals surface area contributed by atoms with Gasteiger partial charge in [-0.15, -0.1) is 11.6 Å². The van der Waals surface area contributed by atoms with Gasteiger partial charge in [0.2, 0.25) is 0 Å². The lowest BCUT2D eigenvalue weighted by atomic mass is 10.1. The number of hydrogen-bond acceptors (Lipinski definition) is 2. The highest BCUT2D eigenvalue weighted by atomic mass is 35.5. The first-order chi connectivity index (χ1) is 8.49. The Morgan fingerprint density at radius 1 is 1.33 bits per heavy atom. The van der Waals surface area contributed by atoms with Crippen LogP contribution < -0.4 is 5.32 Å². The summed E-state index contributed by atoms with van der Waals surface area (Å²) in [7, 11) is 0. The van der Waals surface area contributed by atoms with Crippen LogP contribution in [0.25, 0.3) is 0 Å². The number of alkyl halides is 4. The van der Waals surface area contributed by atoms with Gasteiger partial charge in [0.1, 0.15) is 0 Å². The highest BCUT2D eigenvalue weighted by Crippen LogP contribution is 2.33. The van der Waals surface area contributed by atoms with Crippen molar-refractivity contribution in [2.24, 2.45) is 0 Å². The fourth-order valence-corrected chi connectivity index (χ4v) is 1.44. The Hall–Kier alpha value is -1.67. The molecule has 0 aliphatic rings. The van der Waals surface area contributed by atoms with Gasteiger partial charge in [0.05, 0.1) is 17.2 Å². The molecule has 0 bridgehead atoms. The molecular formula is C12H10ClF3N2. The molecule has 1 rings (SSSR count). The van der Waals surface area contributed by atoms with E-state index < -0.39 is 11.7 Å². The predicted molar refractivity (Wildman–Crippen MR) is 64.5 cm³/mol. The largest absolute Gasteiger partial charge is 0.417 e. The Kier molecular flexibility index (Phi) is 5.05. The van der Waals surface area contributed by atoms with Gasteiger partial charge >= 0.3 is 6.18 Å². The first kappa shape index (κ1) is 14.4. The fraction of sp³-hybridized carbons (Fsp3) is 0.250. The molecule has 0 fully saturated rings. The molecule has 0 radical (unpaired) electrons. The average Bonchev–Trinajstić information content (AvgIpc) is 2.33. The minimum absolute atomic E-state index is 0.306. The highest BCUT2D eigenvalue weighted by Gasteiger charge is 2.33. The van der Waals surface area contributed by atoms with Crippen molar-refractivity contribution in [2.75, 3.05) is 17.7 Å². The van der Waals surface area contributed by atoms with Crippen molar-refractivity contribution < 1.29 is 13.2 Å². The molecule has 0 aliphatic heterocycles. The molecule has 18 heavy (non-hydrogen) atoms. The molecule has 6 heteroatoms. The summed E-state index contributed by atoms with van der Waals surface area (Å²) < 4.78 is 37.9. The summed E-state index contributed by atoms with van der Waals surface area (Å²) in [6, 6.07) is 5.03. The summed E-state index contributed by atoms with van der Waals surface area (Å²) in [5.74, 6) is 0.350. The van der Waals surface area contributed by atoms with Crippen molar-refractivity contribution >= 4 is 17.3 Å². The van der Waals surface area contributed by atoms with Crippen molar-refractivity contribution in [2.45, 2.75) is 6.18 Å². The zero-order chi connectivity index (χ0) is 13.6. The topological polar surface area (TPSA) is 35.8 Å². The van der Waals surface area contributed by atoms with Crippen LogP contribution in [-0.4, -0.2) is 12.4 Å². The lowest BCUT2D eigenvalue weighted by Gasteiger charge is -2.11. The second kappa shape index (κ2) is 6.31. The molecule has 2 nitrogen and oxygen atoms in total. The van der Waals surface area contributed by atoms with Gasteiger partial charge in [-0.3, -0.25) is 0 Å². The van der Waals surface area contributed by atoms with Gasteiger partial charge in [-0.2, -0.15) is 18.4 Å². The number of nitrogens with one attached hydrogen (secondary N) is 1. The number of anilines is 1. The van der Waals surface area contributed by atoms with Crippen LogP contribution in [0.1, 0.15) is 11.1 Å². The minimum atomic E-state index is -4.53. The third-order valence-electron chi connectivity index (χ3n) is 2.13. The standard InChI is InChI=1S/C12H10ClF3N2/c13-5-1-2-6-18-10-4-3-9(8-17)11(7-10)12(14,15)16/h1-4,7,18H,5-6H2/b2-1+. The Morgan fingerprint density at radius 2 is 2.06 bits per heavy atom. The maximum Gasteiger partial charge on any atom is 0.417 e. The maximum atomic E-state index is 12.6. The van der Waals surface area contributed by atoms with Crippen molar-refractivity contribution in [3.05, 3.63) is 41.5 Å². The van der Waals surface area contributed by atoms with Crippen LogP contribution in [0.4, 0.5) is 18.9 Å². The lowest BCUT2D eigenvalue weighted by Crippen LogP contribution is -2.09.